The van der Waals surface area contributed by atoms with Crippen molar-refractivity contribution in [3.05, 3.63) is 24.3 Å². The molecule has 0 saturated heterocycles. The predicted octanol–water partition coefficient (Wildman–Crippen LogP) is 3.49. The topological polar surface area (TPSA) is 72.5 Å². The van der Waals surface area contributed by atoms with Crippen LogP contribution in [-0.4, -0.2) is 23.8 Å². The van der Waals surface area contributed by atoms with Gasteiger partial charge in [-0.15, -0.1) is 13.2 Å². The Balaban J connectivity index is 1.85. The van der Waals surface area contributed by atoms with Gasteiger partial charge in [0.1, 0.15) is 11.2 Å². The molecule has 26 heavy (non-hydrogen) atoms. The van der Waals surface area contributed by atoms with Crippen LogP contribution in [0.2, 0.25) is 0 Å². The van der Waals surface area contributed by atoms with Crippen LogP contribution in [0.4, 0.5) is 18.9 Å². The average Bonchev–Trinajstić information content (AvgIpc) is 2.80. The van der Waals surface area contributed by atoms with Crippen LogP contribution in [0.3, 0.4) is 0 Å². The lowest BCUT2D eigenvalue weighted by Crippen LogP contribution is -2.47. The second kappa shape index (κ2) is 5.31. The molecule has 1 aromatic rings. The van der Waals surface area contributed by atoms with E-state index in [2.05, 4.69) is 10.1 Å². The molecular formula is C18H18F3NO4. The van der Waals surface area contributed by atoms with Crippen LogP contribution >= 0.6 is 0 Å². The first-order chi connectivity index (χ1) is 11.8. The highest BCUT2D eigenvalue weighted by molar-refractivity contribution is 6.49. The fourth-order valence-corrected chi connectivity index (χ4v) is 4.25. The lowest BCUT2D eigenvalue weighted by Gasteiger charge is -2.37. The molecule has 8 heteroatoms. The molecule has 0 spiro atoms. The van der Waals surface area contributed by atoms with E-state index in [-0.39, 0.29) is 12.1 Å². The quantitative estimate of drug-likeness (QED) is 0.654. The van der Waals surface area contributed by atoms with Crippen molar-refractivity contribution in [1.29, 1.82) is 0 Å². The van der Waals surface area contributed by atoms with Crippen molar-refractivity contribution in [3.63, 3.8) is 0 Å². The van der Waals surface area contributed by atoms with Crippen molar-refractivity contribution in [3.8, 4) is 5.75 Å². The van der Waals surface area contributed by atoms with Gasteiger partial charge in [-0.3, -0.25) is 14.4 Å². The SMILES string of the molecule is CC1(C)[C@]2(C(=O)Nc3ccc(OC(F)(F)F)cc3)CC[C@@]1(C)C(=O)C2=O. The zero-order valence-electron chi connectivity index (χ0n) is 14.5. The summed E-state index contributed by atoms with van der Waals surface area (Å²) in [5, 5.41) is 2.57. The molecule has 1 amide bonds. The molecule has 0 unspecified atom stereocenters. The molecule has 2 bridgehead atoms. The third kappa shape index (κ3) is 2.27. The fraction of sp³-hybridized carbons (Fsp3) is 0.500. The molecule has 3 rings (SSSR count). The normalized spacial score (nSPS) is 29.8. The Morgan fingerprint density at radius 2 is 1.62 bits per heavy atom. The first-order valence-electron chi connectivity index (χ1n) is 8.12. The van der Waals surface area contributed by atoms with Crippen molar-refractivity contribution in [2.24, 2.45) is 16.2 Å². The average molecular weight is 369 g/mol. The van der Waals surface area contributed by atoms with Crippen LogP contribution in [-0.2, 0) is 14.4 Å². The van der Waals surface area contributed by atoms with E-state index in [1.165, 1.54) is 12.1 Å². The van der Waals surface area contributed by atoms with Crippen molar-refractivity contribution in [1.82, 2.24) is 0 Å². The Kier molecular flexibility index (Phi) is 3.76. The third-order valence-corrected chi connectivity index (χ3v) is 6.27. The first-order valence-corrected chi connectivity index (χ1v) is 8.12. The zero-order chi connectivity index (χ0) is 19.5. The molecule has 0 heterocycles. The number of benzene rings is 1. The number of ether oxygens (including phenoxy) is 1. The number of nitrogens with one attached hydrogen (secondary N) is 1. The maximum Gasteiger partial charge on any atom is 0.573 e. The van der Waals surface area contributed by atoms with Gasteiger partial charge < -0.3 is 10.1 Å². The van der Waals surface area contributed by atoms with Crippen molar-refractivity contribution >= 4 is 23.2 Å². The first kappa shape index (κ1) is 18.4. The lowest BCUT2D eigenvalue weighted by molar-refractivity contribution is -0.274. The van der Waals surface area contributed by atoms with Crippen LogP contribution < -0.4 is 10.1 Å². The van der Waals surface area contributed by atoms with Gasteiger partial charge in [0.25, 0.3) is 0 Å². The van der Waals surface area contributed by atoms with E-state index in [9.17, 15) is 27.6 Å². The number of anilines is 1. The molecule has 2 fully saturated rings. The Bertz CT molecular complexity index is 800. The van der Waals surface area contributed by atoms with Crippen LogP contribution in [0.15, 0.2) is 24.3 Å². The Hall–Kier alpha value is -2.38. The standard InChI is InChI=1S/C18H18F3NO4/c1-15(2)16(3)8-9-17(15,13(24)12(16)23)14(25)22-10-4-6-11(7-5-10)26-18(19,20)21/h4-7H,8-9H2,1-3H3,(H,22,25)/t16-,17+/m0/s1. The molecule has 2 saturated carbocycles. The van der Waals surface area contributed by atoms with Crippen molar-refractivity contribution in [2.45, 2.75) is 40.0 Å². The number of carbonyl (C=O) groups excluding carboxylic acids is 3. The van der Waals surface area contributed by atoms with Crippen LogP contribution in [0.1, 0.15) is 33.6 Å². The summed E-state index contributed by atoms with van der Waals surface area (Å²) < 4.78 is 40.4. The zero-order valence-corrected chi connectivity index (χ0v) is 14.5. The highest BCUT2D eigenvalue weighted by atomic mass is 19.4. The highest BCUT2D eigenvalue weighted by Crippen LogP contribution is 2.69. The summed E-state index contributed by atoms with van der Waals surface area (Å²) in [5.74, 6) is -2.25. The fourth-order valence-electron chi connectivity index (χ4n) is 4.25. The van der Waals surface area contributed by atoms with E-state index in [1.807, 2.05) is 0 Å². The summed E-state index contributed by atoms with van der Waals surface area (Å²) in [6, 6.07) is 4.62. The molecule has 1 aromatic carbocycles. The van der Waals surface area contributed by atoms with Gasteiger partial charge in [-0.1, -0.05) is 20.8 Å². The van der Waals surface area contributed by atoms with Crippen LogP contribution in [0.25, 0.3) is 0 Å². The number of hydrogen-bond donors (Lipinski definition) is 1. The molecule has 1 N–H and O–H groups in total. The molecule has 0 aromatic heterocycles. The lowest BCUT2D eigenvalue weighted by atomic mass is 9.64. The highest BCUT2D eigenvalue weighted by Gasteiger charge is 2.77. The van der Waals surface area contributed by atoms with Gasteiger partial charge in [0, 0.05) is 11.1 Å². The van der Waals surface area contributed by atoms with E-state index in [4.69, 9.17) is 0 Å². The summed E-state index contributed by atoms with van der Waals surface area (Å²) in [4.78, 5) is 37.9. The van der Waals surface area contributed by atoms with E-state index in [0.717, 1.165) is 12.1 Å². The van der Waals surface area contributed by atoms with Gasteiger partial charge in [-0.25, -0.2) is 0 Å². The smallest absolute Gasteiger partial charge is 0.406 e. The number of rotatable bonds is 3. The molecule has 2 aliphatic rings. The third-order valence-electron chi connectivity index (χ3n) is 6.27. The maximum absolute atomic E-state index is 12.9. The molecule has 140 valence electrons. The summed E-state index contributed by atoms with van der Waals surface area (Å²) in [6.07, 6.45) is -4.10. The van der Waals surface area contributed by atoms with Crippen LogP contribution in [0.5, 0.6) is 5.75 Å². The summed E-state index contributed by atoms with van der Waals surface area (Å²) in [6.45, 7) is 5.18. The van der Waals surface area contributed by atoms with Gasteiger partial charge in [0.05, 0.1) is 0 Å². The van der Waals surface area contributed by atoms with Crippen LogP contribution in [0, 0.1) is 16.2 Å². The number of Topliss-reactive ketones (excluding diaryl/α,β-unsaturated/α-hetero) is 2. The van der Waals surface area contributed by atoms with E-state index >= 15 is 0 Å². The summed E-state index contributed by atoms with van der Waals surface area (Å²) >= 11 is 0. The Morgan fingerprint density at radius 1 is 1.04 bits per heavy atom. The Morgan fingerprint density at radius 3 is 2.08 bits per heavy atom. The van der Waals surface area contributed by atoms with Gasteiger partial charge in [0.2, 0.25) is 17.5 Å². The number of hydrogen-bond acceptors (Lipinski definition) is 4. The predicted molar refractivity (Wildman–Crippen MR) is 85.3 cm³/mol. The number of halogens is 3. The Labute approximate surface area is 147 Å². The minimum Gasteiger partial charge on any atom is -0.406 e. The number of carbonyl (C=O) groups is 3. The second-order valence-corrected chi connectivity index (χ2v) is 7.55. The minimum absolute atomic E-state index is 0.218. The van der Waals surface area contributed by atoms with E-state index in [1.54, 1.807) is 20.8 Å². The summed E-state index contributed by atoms with van der Waals surface area (Å²) in [5.41, 5.74) is -2.97. The van der Waals surface area contributed by atoms with Crippen molar-refractivity contribution in [2.75, 3.05) is 5.32 Å². The molecule has 5 nitrogen and oxygen atoms in total. The largest absolute Gasteiger partial charge is 0.573 e. The van der Waals surface area contributed by atoms with Gasteiger partial charge >= 0.3 is 6.36 Å². The minimum atomic E-state index is -4.81. The van der Waals surface area contributed by atoms with Crippen molar-refractivity contribution < 1.29 is 32.3 Å². The number of amides is 1. The van der Waals surface area contributed by atoms with Gasteiger partial charge in [-0.05, 0) is 42.5 Å². The maximum atomic E-state index is 12.9. The molecule has 2 aliphatic carbocycles. The van der Waals surface area contributed by atoms with E-state index in [0.29, 0.717) is 6.42 Å². The number of fused-ring (bicyclic) bond motifs is 2. The number of ketones is 2. The van der Waals surface area contributed by atoms with E-state index < -0.39 is 45.8 Å². The number of alkyl halides is 3. The molecule has 0 radical (unpaired) electrons. The van der Waals surface area contributed by atoms with Gasteiger partial charge in [0.15, 0.2) is 0 Å². The van der Waals surface area contributed by atoms with Gasteiger partial charge in [-0.2, -0.15) is 0 Å². The molecular weight excluding hydrogens is 351 g/mol. The molecule has 2 atom stereocenters. The monoisotopic (exact) mass is 369 g/mol. The summed E-state index contributed by atoms with van der Waals surface area (Å²) in [7, 11) is 0. The second-order valence-electron chi connectivity index (χ2n) is 7.55. The molecule has 0 aliphatic heterocycles.